The summed E-state index contributed by atoms with van der Waals surface area (Å²) in [6.07, 6.45) is -1.11. The third kappa shape index (κ3) is 3.51. The van der Waals surface area contributed by atoms with E-state index < -0.39 is 11.7 Å². The second-order valence-electron chi connectivity index (χ2n) is 4.41. The second-order valence-corrected chi connectivity index (χ2v) is 4.41. The molecule has 1 aliphatic carbocycles. The second kappa shape index (κ2) is 5.04. The van der Waals surface area contributed by atoms with Crippen LogP contribution in [0, 0.1) is 5.92 Å². The molecule has 6 heteroatoms. The predicted molar refractivity (Wildman–Crippen MR) is 61.6 cm³/mol. The molecule has 1 heterocycles. The molecule has 0 atom stereocenters. The number of ether oxygens (including phenoxy) is 1. The molecule has 0 amide bonds. The molecule has 0 spiro atoms. The Balaban J connectivity index is 2.07. The summed E-state index contributed by atoms with van der Waals surface area (Å²) in [5.41, 5.74) is -0.747. The molecule has 1 aromatic rings. The van der Waals surface area contributed by atoms with Crippen molar-refractivity contribution in [3.8, 4) is 5.88 Å². The first-order valence-corrected chi connectivity index (χ1v) is 5.89. The van der Waals surface area contributed by atoms with E-state index in [1.807, 2.05) is 0 Å². The molecule has 18 heavy (non-hydrogen) atoms. The Bertz CT molecular complexity index is 416. The van der Waals surface area contributed by atoms with Crippen molar-refractivity contribution in [3.63, 3.8) is 0 Å². The van der Waals surface area contributed by atoms with Crippen LogP contribution in [0.5, 0.6) is 5.88 Å². The van der Waals surface area contributed by atoms with E-state index in [4.69, 9.17) is 4.74 Å². The minimum Gasteiger partial charge on any atom is -0.478 e. The summed E-state index contributed by atoms with van der Waals surface area (Å²) < 4.78 is 43.2. The van der Waals surface area contributed by atoms with Crippen LogP contribution in [0.3, 0.4) is 0 Å². The van der Waals surface area contributed by atoms with Crippen molar-refractivity contribution in [2.75, 3.05) is 19.0 Å². The maximum Gasteiger partial charge on any atom is 0.416 e. The quantitative estimate of drug-likeness (QED) is 0.881. The van der Waals surface area contributed by atoms with E-state index in [0.717, 1.165) is 18.6 Å². The van der Waals surface area contributed by atoms with E-state index in [9.17, 15) is 13.2 Å². The number of pyridine rings is 1. The molecule has 100 valence electrons. The number of alkyl halides is 3. The lowest BCUT2D eigenvalue weighted by atomic mass is 10.2. The predicted octanol–water partition coefficient (Wildman–Crippen LogP) is 3.32. The average Bonchev–Trinajstić information content (AvgIpc) is 3.11. The molecule has 2 rings (SSSR count). The van der Waals surface area contributed by atoms with E-state index in [-0.39, 0.29) is 11.7 Å². The molecule has 1 aliphatic rings. The highest BCUT2D eigenvalue weighted by Crippen LogP contribution is 2.34. The third-order valence-corrected chi connectivity index (χ3v) is 2.86. The van der Waals surface area contributed by atoms with E-state index in [1.54, 1.807) is 0 Å². The number of hydrogen-bond acceptors (Lipinski definition) is 3. The Hall–Kier alpha value is -1.46. The van der Waals surface area contributed by atoms with Crippen molar-refractivity contribution in [1.29, 1.82) is 0 Å². The van der Waals surface area contributed by atoms with Gasteiger partial charge in [0.05, 0.1) is 12.2 Å². The fourth-order valence-electron chi connectivity index (χ4n) is 1.61. The Labute approximate surface area is 103 Å². The first-order chi connectivity index (χ1) is 8.49. The molecule has 0 aliphatic heterocycles. The molecule has 0 aromatic carbocycles. The Morgan fingerprint density at radius 2 is 2.11 bits per heavy atom. The molecule has 0 unspecified atom stereocenters. The van der Waals surface area contributed by atoms with Gasteiger partial charge in [0.1, 0.15) is 5.82 Å². The van der Waals surface area contributed by atoms with Crippen LogP contribution in [0.4, 0.5) is 19.0 Å². The van der Waals surface area contributed by atoms with Gasteiger partial charge in [0.2, 0.25) is 5.88 Å². The number of nitrogens with one attached hydrogen (secondary N) is 1. The fraction of sp³-hybridized carbons (Fsp3) is 0.583. The van der Waals surface area contributed by atoms with Crippen LogP contribution in [0.15, 0.2) is 12.1 Å². The van der Waals surface area contributed by atoms with Crippen molar-refractivity contribution in [2.24, 2.45) is 5.92 Å². The van der Waals surface area contributed by atoms with Gasteiger partial charge >= 0.3 is 6.18 Å². The summed E-state index contributed by atoms with van der Waals surface area (Å²) in [5.74, 6) is 0.862. The van der Waals surface area contributed by atoms with Crippen molar-refractivity contribution in [1.82, 2.24) is 4.98 Å². The smallest absolute Gasteiger partial charge is 0.416 e. The normalized spacial score (nSPS) is 15.6. The molecule has 1 N–H and O–H groups in total. The average molecular weight is 260 g/mol. The van der Waals surface area contributed by atoms with Crippen molar-refractivity contribution in [2.45, 2.75) is 25.4 Å². The van der Waals surface area contributed by atoms with E-state index in [2.05, 4.69) is 10.3 Å². The van der Waals surface area contributed by atoms with Crippen LogP contribution in [-0.2, 0) is 6.18 Å². The van der Waals surface area contributed by atoms with E-state index in [1.165, 1.54) is 19.9 Å². The summed E-state index contributed by atoms with van der Waals surface area (Å²) in [6, 6.07) is 1.90. The van der Waals surface area contributed by atoms with Gasteiger partial charge in [-0.2, -0.15) is 18.2 Å². The number of nitrogens with zero attached hydrogens (tertiary/aromatic N) is 1. The van der Waals surface area contributed by atoms with Crippen LogP contribution in [0.2, 0.25) is 0 Å². The van der Waals surface area contributed by atoms with Crippen LogP contribution >= 0.6 is 0 Å². The molecule has 0 radical (unpaired) electrons. The minimum atomic E-state index is -4.39. The summed E-state index contributed by atoms with van der Waals surface area (Å²) in [5, 5.41) is 2.60. The Morgan fingerprint density at radius 1 is 1.39 bits per heavy atom. The minimum absolute atomic E-state index is 0.0230. The highest BCUT2D eigenvalue weighted by Gasteiger charge is 2.32. The lowest BCUT2D eigenvalue weighted by Crippen LogP contribution is -2.09. The van der Waals surface area contributed by atoms with Crippen molar-refractivity contribution < 1.29 is 17.9 Å². The molecular weight excluding hydrogens is 245 g/mol. The zero-order valence-electron chi connectivity index (χ0n) is 10.0. The molecule has 1 aromatic heterocycles. The van der Waals surface area contributed by atoms with E-state index >= 15 is 0 Å². The van der Waals surface area contributed by atoms with Gasteiger partial charge in [-0.05, 0) is 18.4 Å². The maximum absolute atomic E-state index is 12.6. The molecule has 1 fully saturated rings. The zero-order valence-corrected chi connectivity index (χ0v) is 10.0. The molecular formula is C12H15F3N2O. The summed E-state index contributed by atoms with van der Waals surface area (Å²) >= 11 is 0. The Morgan fingerprint density at radius 3 is 2.67 bits per heavy atom. The monoisotopic (exact) mass is 260 g/mol. The lowest BCUT2D eigenvalue weighted by Gasteiger charge is -2.11. The van der Waals surface area contributed by atoms with Gasteiger partial charge in [-0.15, -0.1) is 0 Å². The van der Waals surface area contributed by atoms with Gasteiger partial charge in [-0.3, -0.25) is 0 Å². The summed E-state index contributed by atoms with van der Waals surface area (Å²) in [6.45, 7) is 0.419. The highest BCUT2D eigenvalue weighted by molar-refractivity contribution is 5.42. The van der Waals surface area contributed by atoms with Crippen LogP contribution in [0.1, 0.15) is 24.8 Å². The Kier molecular flexibility index (Phi) is 3.63. The SMILES string of the molecule is CNc1cc(C(F)(F)F)cc(OCCC2CC2)n1. The van der Waals surface area contributed by atoms with Gasteiger partial charge in [-0.1, -0.05) is 12.8 Å². The third-order valence-electron chi connectivity index (χ3n) is 2.86. The van der Waals surface area contributed by atoms with Gasteiger partial charge in [0, 0.05) is 13.1 Å². The molecule has 1 saturated carbocycles. The largest absolute Gasteiger partial charge is 0.478 e. The highest BCUT2D eigenvalue weighted by atomic mass is 19.4. The van der Waals surface area contributed by atoms with Gasteiger partial charge < -0.3 is 10.1 Å². The van der Waals surface area contributed by atoms with Gasteiger partial charge in [0.25, 0.3) is 0 Å². The number of hydrogen-bond donors (Lipinski definition) is 1. The lowest BCUT2D eigenvalue weighted by molar-refractivity contribution is -0.137. The zero-order chi connectivity index (χ0) is 13.2. The summed E-state index contributed by atoms with van der Waals surface area (Å²) in [7, 11) is 1.52. The van der Waals surface area contributed by atoms with Crippen molar-refractivity contribution >= 4 is 5.82 Å². The standard InChI is InChI=1S/C12H15F3N2O/c1-16-10-6-9(12(13,14)15)7-11(17-10)18-5-4-8-2-3-8/h6-8H,2-5H2,1H3,(H,16,17). The van der Waals surface area contributed by atoms with Crippen LogP contribution in [-0.4, -0.2) is 18.6 Å². The molecule has 3 nitrogen and oxygen atoms in total. The number of rotatable bonds is 5. The molecule has 0 bridgehead atoms. The number of anilines is 1. The van der Waals surface area contributed by atoms with E-state index in [0.29, 0.717) is 12.5 Å². The number of halogens is 3. The van der Waals surface area contributed by atoms with Crippen molar-refractivity contribution in [3.05, 3.63) is 17.7 Å². The number of aromatic nitrogens is 1. The first kappa shape index (κ1) is 13.0. The summed E-state index contributed by atoms with van der Waals surface area (Å²) in [4.78, 5) is 3.95. The topological polar surface area (TPSA) is 34.1 Å². The maximum atomic E-state index is 12.6. The van der Waals surface area contributed by atoms with Crippen LogP contribution < -0.4 is 10.1 Å². The molecule has 0 saturated heterocycles. The first-order valence-electron chi connectivity index (χ1n) is 5.89. The van der Waals surface area contributed by atoms with Gasteiger partial charge in [0.15, 0.2) is 0 Å². The fourth-order valence-corrected chi connectivity index (χ4v) is 1.61. The van der Waals surface area contributed by atoms with Gasteiger partial charge in [-0.25, -0.2) is 0 Å². The van der Waals surface area contributed by atoms with Crippen LogP contribution in [0.25, 0.3) is 0 Å².